The van der Waals surface area contributed by atoms with Gasteiger partial charge in [0.25, 0.3) is 15.9 Å². The lowest BCUT2D eigenvalue weighted by Gasteiger charge is -2.22. The first-order valence-electron chi connectivity index (χ1n) is 8.94. The minimum atomic E-state index is -4.21. The van der Waals surface area contributed by atoms with Crippen LogP contribution >= 0.6 is 0 Å². The van der Waals surface area contributed by atoms with Crippen molar-refractivity contribution in [2.24, 2.45) is 0 Å². The number of sulfonamides is 1. The van der Waals surface area contributed by atoms with Gasteiger partial charge < -0.3 is 5.32 Å². The van der Waals surface area contributed by atoms with Gasteiger partial charge in [0.15, 0.2) is 17.0 Å². The second-order valence-corrected chi connectivity index (χ2v) is 8.84. The molecule has 0 atom stereocenters. The molecule has 29 heavy (non-hydrogen) atoms. The van der Waals surface area contributed by atoms with Crippen molar-refractivity contribution in [1.29, 1.82) is 5.26 Å². The second-order valence-electron chi connectivity index (χ2n) is 7.21. The maximum atomic E-state index is 12.8. The quantitative estimate of drug-likeness (QED) is 0.542. The van der Waals surface area contributed by atoms with Crippen molar-refractivity contribution in [3.63, 3.8) is 0 Å². The summed E-state index contributed by atoms with van der Waals surface area (Å²) in [6.45, 7) is 7.86. The third-order valence-electron chi connectivity index (χ3n) is 4.06. The highest BCUT2D eigenvalue weighted by Gasteiger charge is 2.26. The normalized spacial score (nSPS) is 11.4. The average molecular weight is 417 g/mol. The van der Waals surface area contributed by atoms with Crippen LogP contribution in [-0.4, -0.2) is 37.9 Å². The van der Waals surface area contributed by atoms with E-state index in [1.165, 1.54) is 23.1 Å². The van der Waals surface area contributed by atoms with Crippen molar-refractivity contribution in [1.82, 2.24) is 14.7 Å². The van der Waals surface area contributed by atoms with E-state index in [2.05, 4.69) is 15.3 Å². The highest BCUT2D eigenvalue weighted by atomic mass is 32.2. The number of aromatic nitrogens is 2. The van der Waals surface area contributed by atoms with Crippen molar-refractivity contribution in [3.05, 3.63) is 41.6 Å². The summed E-state index contributed by atoms with van der Waals surface area (Å²) in [5, 5.41) is 11.9. The number of hydrogen-bond acceptors (Lipinski definition) is 8. The van der Waals surface area contributed by atoms with Crippen LogP contribution < -0.4 is 14.9 Å². The Morgan fingerprint density at radius 3 is 2.45 bits per heavy atom. The molecule has 2 aromatic rings. The van der Waals surface area contributed by atoms with Crippen LogP contribution in [0.2, 0.25) is 0 Å². The lowest BCUT2D eigenvalue weighted by Crippen LogP contribution is -2.33. The number of hydrogen-bond donors (Lipinski definition) is 2. The molecule has 0 unspecified atom stereocenters. The molecule has 9 nitrogen and oxygen atoms in total. The van der Waals surface area contributed by atoms with Gasteiger partial charge in [-0.3, -0.25) is 9.69 Å². The van der Waals surface area contributed by atoms with Crippen LogP contribution in [0.5, 0.6) is 0 Å². The molecular weight excluding hydrogens is 392 g/mol. The molecule has 0 bridgehead atoms. The summed E-state index contributed by atoms with van der Waals surface area (Å²) in [7, 11) is -2.61. The highest BCUT2D eigenvalue weighted by Crippen LogP contribution is 2.26. The Bertz CT molecular complexity index is 1050. The Hall–Kier alpha value is -3.19. The summed E-state index contributed by atoms with van der Waals surface area (Å²) in [5.74, 6) is -0.441. The Balaban J connectivity index is 2.47. The third kappa shape index (κ3) is 5.00. The molecule has 2 N–H and O–H groups in total. The predicted molar refractivity (Wildman–Crippen MR) is 110 cm³/mol. The second kappa shape index (κ2) is 8.45. The van der Waals surface area contributed by atoms with E-state index in [-0.39, 0.29) is 28.4 Å². The number of nitrogens with zero attached hydrogens (tertiary/aromatic N) is 4. The van der Waals surface area contributed by atoms with Crippen LogP contribution in [0.3, 0.4) is 0 Å². The van der Waals surface area contributed by atoms with E-state index in [0.29, 0.717) is 11.5 Å². The fourth-order valence-electron chi connectivity index (χ4n) is 2.45. The molecule has 2 rings (SSSR count). The Morgan fingerprint density at radius 1 is 1.21 bits per heavy atom. The number of rotatable bonds is 6. The number of amides is 1. The van der Waals surface area contributed by atoms with Crippen molar-refractivity contribution in [2.75, 3.05) is 23.8 Å². The zero-order chi connectivity index (χ0) is 21.8. The van der Waals surface area contributed by atoms with Crippen LogP contribution in [0.25, 0.3) is 0 Å². The largest absolute Gasteiger partial charge is 0.373 e. The minimum absolute atomic E-state index is 0.0188. The molecule has 1 amide bonds. The van der Waals surface area contributed by atoms with E-state index in [4.69, 9.17) is 0 Å². The third-order valence-corrected chi connectivity index (χ3v) is 5.30. The summed E-state index contributed by atoms with van der Waals surface area (Å²) < 4.78 is 27.2. The molecule has 0 radical (unpaired) electrons. The number of carbonyl (C=O) groups is 1. The molecule has 0 aliphatic rings. The van der Waals surface area contributed by atoms with Gasteiger partial charge in [0.05, 0.1) is 5.56 Å². The summed E-state index contributed by atoms with van der Waals surface area (Å²) in [6, 6.07) is 7.52. The molecule has 0 aliphatic carbocycles. The van der Waals surface area contributed by atoms with E-state index in [0.717, 1.165) is 0 Å². The van der Waals surface area contributed by atoms with Gasteiger partial charge in [-0.25, -0.2) is 14.7 Å². The lowest BCUT2D eigenvalue weighted by atomic mass is 9.91. The molecule has 0 aromatic carbocycles. The minimum Gasteiger partial charge on any atom is -0.373 e. The first-order chi connectivity index (χ1) is 13.5. The van der Waals surface area contributed by atoms with Crippen molar-refractivity contribution in [3.8, 4) is 6.19 Å². The van der Waals surface area contributed by atoms with Crippen molar-refractivity contribution < 1.29 is 13.2 Å². The van der Waals surface area contributed by atoms with E-state index in [9.17, 15) is 18.5 Å². The van der Waals surface area contributed by atoms with Gasteiger partial charge in [-0.15, -0.1) is 0 Å². The molecule has 0 spiro atoms. The molecule has 10 heteroatoms. The van der Waals surface area contributed by atoms with E-state index < -0.39 is 15.9 Å². The van der Waals surface area contributed by atoms with Crippen LogP contribution in [0.4, 0.5) is 11.6 Å². The Kier molecular flexibility index (Phi) is 6.44. The molecule has 0 saturated carbocycles. The van der Waals surface area contributed by atoms with Gasteiger partial charge in [0.1, 0.15) is 5.82 Å². The van der Waals surface area contributed by atoms with Crippen LogP contribution in [0.15, 0.2) is 35.4 Å². The van der Waals surface area contributed by atoms with E-state index in [1.807, 2.05) is 31.7 Å². The predicted octanol–water partition coefficient (Wildman–Crippen LogP) is 2.24. The van der Waals surface area contributed by atoms with Crippen molar-refractivity contribution in [2.45, 2.75) is 38.1 Å². The van der Waals surface area contributed by atoms with Gasteiger partial charge in [0, 0.05) is 24.7 Å². The Morgan fingerprint density at radius 2 is 1.90 bits per heavy atom. The van der Waals surface area contributed by atoms with Crippen LogP contribution in [0.1, 0.15) is 43.7 Å². The van der Waals surface area contributed by atoms with E-state index in [1.54, 1.807) is 26.1 Å². The number of pyridine rings is 2. The summed E-state index contributed by atoms with van der Waals surface area (Å²) in [6.07, 6.45) is 1.97. The van der Waals surface area contributed by atoms with Gasteiger partial charge in [-0.1, -0.05) is 26.8 Å². The average Bonchev–Trinajstić information content (AvgIpc) is 2.67. The van der Waals surface area contributed by atoms with Gasteiger partial charge in [0.2, 0.25) is 0 Å². The SMILES string of the molecule is CCN(C#N)c1nc(C(C)(C)C)ccc1C(=O)NS(=O)(=O)c1cccc(NC)n1. The fourth-order valence-corrected chi connectivity index (χ4v) is 3.38. The van der Waals surface area contributed by atoms with Crippen LogP contribution in [-0.2, 0) is 15.4 Å². The number of nitriles is 1. The topological polar surface area (TPSA) is 128 Å². The molecule has 0 saturated heterocycles. The van der Waals surface area contributed by atoms with E-state index >= 15 is 0 Å². The standard InChI is InChI=1S/C19H24N6O3S/c1-6-25(12-20)17-13(10-11-14(22-17)19(2,3)4)18(26)24-29(27,28)16-9-7-8-15(21-5)23-16/h7-11H,6H2,1-5H3,(H,21,23)(H,24,26). The molecule has 2 aromatic heterocycles. The fraction of sp³-hybridized carbons (Fsp3) is 0.368. The zero-order valence-electron chi connectivity index (χ0n) is 17.0. The summed E-state index contributed by atoms with van der Waals surface area (Å²) in [4.78, 5) is 22.4. The first-order valence-corrected chi connectivity index (χ1v) is 10.4. The monoisotopic (exact) mass is 416 g/mol. The Labute approximate surface area is 170 Å². The van der Waals surface area contributed by atoms with Gasteiger partial charge in [-0.05, 0) is 31.2 Å². The maximum absolute atomic E-state index is 12.8. The first kappa shape index (κ1) is 22.1. The molecule has 0 fully saturated rings. The number of anilines is 2. The summed E-state index contributed by atoms with van der Waals surface area (Å²) in [5.41, 5.74) is 0.334. The zero-order valence-corrected chi connectivity index (χ0v) is 17.8. The number of carbonyl (C=O) groups excluding carboxylic acids is 1. The lowest BCUT2D eigenvalue weighted by molar-refractivity contribution is 0.0981. The summed E-state index contributed by atoms with van der Waals surface area (Å²) >= 11 is 0. The van der Waals surface area contributed by atoms with Crippen LogP contribution in [0, 0.1) is 11.5 Å². The highest BCUT2D eigenvalue weighted by molar-refractivity contribution is 7.90. The molecular formula is C19H24N6O3S. The van der Waals surface area contributed by atoms with Gasteiger partial charge in [-0.2, -0.15) is 13.7 Å². The molecule has 0 aliphatic heterocycles. The number of nitrogens with one attached hydrogen (secondary N) is 2. The van der Waals surface area contributed by atoms with Gasteiger partial charge >= 0.3 is 0 Å². The molecule has 154 valence electrons. The maximum Gasteiger partial charge on any atom is 0.281 e. The van der Waals surface area contributed by atoms with Crippen molar-refractivity contribution >= 4 is 27.6 Å². The molecule has 2 heterocycles. The smallest absolute Gasteiger partial charge is 0.281 e.